The van der Waals surface area contributed by atoms with Gasteiger partial charge in [-0.05, 0) is 43.5 Å². The van der Waals surface area contributed by atoms with Crippen LogP contribution in [-0.2, 0) is 16.1 Å². The molecular formula is C23H24ClN5O3S. The highest BCUT2D eigenvalue weighted by atomic mass is 35.5. The molecule has 10 heteroatoms. The number of aryl methyl sites for hydroxylation is 1. The van der Waals surface area contributed by atoms with E-state index < -0.39 is 11.8 Å². The zero-order valence-electron chi connectivity index (χ0n) is 18.2. The quantitative estimate of drug-likeness (QED) is 0.575. The van der Waals surface area contributed by atoms with Gasteiger partial charge in [-0.25, -0.2) is 0 Å². The molecule has 3 heterocycles. The average molecular weight is 486 g/mol. The zero-order chi connectivity index (χ0) is 23.1. The molecule has 3 amide bonds. The Hall–Kier alpha value is -2.91. The molecule has 0 spiro atoms. The summed E-state index contributed by atoms with van der Waals surface area (Å²) in [6.07, 6.45) is 1.88. The number of hydrogen-bond donors (Lipinski definition) is 1. The van der Waals surface area contributed by atoms with E-state index in [9.17, 15) is 14.4 Å². The normalized spacial score (nSPS) is 16.3. The van der Waals surface area contributed by atoms with Crippen molar-refractivity contribution in [1.29, 1.82) is 0 Å². The summed E-state index contributed by atoms with van der Waals surface area (Å²) in [6.45, 7) is 4.07. The molecule has 0 bridgehead atoms. The van der Waals surface area contributed by atoms with Crippen molar-refractivity contribution in [3.05, 3.63) is 51.5 Å². The highest BCUT2D eigenvalue weighted by molar-refractivity contribution is 7.20. The van der Waals surface area contributed by atoms with Crippen LogP contribution in [0.25, 0.3) is 10.2 Å². The molecule has 5 rings (SSSR count). The summed E-state index contributed by atoms with van der Waals surface area (Å²) >= 11 is 7.42. The molecule has 0 unspecified atom stereocenters. The van der Waals surface area contributed by atoms with Gasteiger partial charge in [0.05, 0.1) is 17.1 Å². The molecule has 1 saturated carbocycles. The van der Waals surface area contributed by atoms with Gasteiger partial charge in [-0.2, -0.15) is 5.10 Å². The van der Waals surface area contributed by atoms with Crippen LogP contribution in [-0.4, -0.2) is 69.5 Å². The number of nitrogens with zero attached hydrogens (tertiary/aromatic N) is 4. The van der Waals surface area contributed by atoms with Gasteiger partial charge in [0.2, 0.25) is 0 Å². The predicted molar refractivity (Wildman–Crippen MR) is 127 cm³/mol. The Kier molecular flexibility index (Phi) is 5.84. The predicted octanol–water partition coefficient (Wildman–Crippen LogP) is 2.67. The molecule has 2 aromatic heterocycles. The molecule has 1 aliphatic carbocycles. The monoisotopic (exact) mass is 485 g/mol. The molecule has 33 heavy (non-hydrogen) atoms. The van der Waals surface area contributed by atoms with Crippen molar-refractivity contribution >= 4 is 50.9 Å². The lowest BCUT2D eigenvalue weighted by molar-refractivity contribution is -0.146. The molecule has 3 aromatic rings. The molecule has 0 atom stereocenters. The Morgan fingerprint density at radius 3 is 2.42 bits per heavy atom. The number of thiophene rings is 1. The number of halogens is 1. The van der Waals surface area contributed by atoms with E-state index >= 15 is 0 Å². The Labute approximate surface area is 200 Å². The number of piperazine rings is 1. The summed E-state index contributed by atoms with van der Waals surface area (Å²) < 4.78 is 1.92. The summed E-state index contributed by atoms with van der Waals surface area (Å²) in [6, 6.07) is 9.70. The number of amides is 3. The largest absolute Gasteiger partial charge is 0.345 e. The van der Waals surface area contributed by atoms with Crippen LogP contribution in [0.1, 0.15) is 33.8 Å². The lowest BCUT2D eigenvalue weighted by Gasteiger charge is -2.34. The maximum absolute atomic E-state index is 13.2. The topological polar surface area (TPSA) is 87.5 Å². The summed E-state index contributed by atoms with van der Waals surface area (Å²) in [5.74, 6) is -1.10. The van der Waals surface area contributed by atoms with E-state index in [0.717, 1.165) is 34.3 Å². The van der Waals surface area contributed by atoms with Crippen LogP contribution in [0.2, 0.25) is 5.02 Å². The van der Waals surface area contributed by atoms with E-state index in [0.29, 0.717) is 42.6 Å². The summed E-state index contributed by atoms with van der Waals surface area (Å²) in [5, 5.41) is 9.03. The standard InChI is InChI=1S/C23H24ClN5O3S/c1-14-18-12-19(33-23(18)29(26-14)13-15-2-4-16(24)5-3-15)21(31)27-8-10-28(11-9-27)22(32)20(30)25-17-6-7-17/h2-5,12,17H,6-11,13H2,1H3,(H,25,30). The SMILES string of the molecule is Cc1nn(Cc2ccc(Cl)cc2)c2sc(C(=O)N3CCN(C(=O)C(=O)NC4CC4)CC3)cc12. The van der Waals surface area contributed by atoms with Crippen molar-refractivity contribution < 1.29 is 14.4 Å². The second-order valence-corrected chi connectivity index (χ2v) is 10.00. The van der Waals surface area contributed by atoms with E-state index in [1.807, 2.05) is 41.9 Å². The Morgan fingerprint density at radius 1 is 1.09 bits per heavy atom. The first-order chi connectivity index (χ1) is 15.9. The van der Waals surface area contributed by atoms with Gasteiger partial charge in [-0.15, -0.1) is 11.3 Å². The lowest BCUT2D eigenvalue weighted by atomic mass is 10.2. The minimum atomic E-state index is -0.539. The number of carbonyl (C=O) groups is 3. The van der Waals surface area contributed by atoms with Gasteiger partial charge in [0, 0.05) is 42.6 Å². The minimum Gasteiger partial charge on any atom is -0.345 e. The molecule has 172 valence electrons. The number of benzene rings is 1. The molecule has 0 radical (unpaired) electrons. The van der Waals surface area contributed by atoms with Gasteiger partial charge in [-0.3, -0.25) is 19.1 Å². The molecule has 8 nitrogen and oxygen atoms in total. The second kappa shape index (κ2) is 8.79. The van der Waals surface area contributed by atoms with Crippen LogP contribution in [0.5, 0.6) is 0 Å². The van der Waals surface area contributed by atoms with Gasteiger partial charge in [0.15, 0.2) is 0 Å². The molecule has 1 saturated heterocycles. The lowest BCUT2D eigenvalue weighted by Crippen LogP contribution is -2.54. The number of carbonyl (C=O) groups excluding carboxylic acids is 3. The number of aromatic nitrogens is 2. The van der Waals surface area contributed by atoms with Gasteiger partial charge in [-0.1, -0.05) is 23.7 Å². The Bertz CT molecular complexity index is 1220. The number of hydrogen-bond acceptors (Lipinski definition) is 5. The van der Waals surface area contributed by atoms with Crippen LogP contribution in [0.3, 0.4) is 0 Å². The third-order valence-electron chi connectivity index (χ3n) is 6.02. The van der Waals surface area contributed by atoms with Gasteiger partial charge >= 0.3 is 11.8 Å². The first-order valence-corrected chi connectivity index (χ1v) is 12.2. The zero-order valence-corrected chi connectivity index (χ0v) is 19.8. The number of rotatable bonds is 4. The molecule has 2 fully saturated rings. The van der Waals surface area contributed by atoms with Crippen molar-refractivity contribution in [2.45, 2.75) is 32.4 Å². The van der Waals surface area contributed by atoms with Gasteiger partial charge in [0.1, 0.15) is 4.83 Å². The number of nitrogens with one attached hydrogen (secondary N) is 1. The third-order valence-corrected chi connectivity index (χ3v) is 7.41. The van der Waals surface area contributed by atoms with E-state index in [4.69, 9.17) is 11.6 Å². The van der Waals surface area contributed by atoms with E-state index in [-0.39, 0.29) is 11.9 Å². The third kappa shape index (κ3) is 4.60. The summed E-state index contributed by atoms with van der Waals surface area (Å²) in [4.78, 5) is 42.4. The summed E-state index contributed by atoms with van der Waals surface area (Å²) in [7, 11) is 0. The Balaban J connectivity index is 1.25. The van der Waals surface area contributed by atoms with Crippen LogP contribution in [0.4, 0.5) is 0 Å². The molecule has 1 aromatic carbocycles. The fourth-order valence-corrected chi connectivity index (χ4v) is 5.23. The van der Waals surface area contributed by atoms with E-state index in [1.54, 1.807) is 4.90 Å². The highest BCUT2D eigenvalue weighted by Gasteiger charge is 2.32. The maximum atomic E-state index is 13.2. The summed E-state index contributed by atoms with van der Waals surface area (Å²) in [5.41, 5.74) is 1.96. The van der Waals surface area contributed by atoms with Crippen molar-refractivity contribution in [2.75, 3.05) is 26.2 Å². The van der Waals surface area contributed by atoms with Crippen LogP contribution in [0, 0.1) is 6.92 Å². The second-order valence-electron chi connectivity index (χ2n) is 8.53. The van der Waals surface area contributed by atoms with Gasteiger partial charge < -0.3 is 15.1 Å². The van der Waals surface area contributed by atoms with Crippen LogP contribution in [0.15, 0.2) is 30.3 Å². The first kappa shape index (κ1) is 21.9. The van der Waals surface area contributed by atoms with Crippen LogP contribution >= 0.6 is 22.9 Å². The first-order valence-electron chi connectivity index (χ1n) is 11.0. The fourth-order valence-electron chi connectivity index (χ4n) is 3.97. The maximum Gasteiger partial charge on any atom is 0.312 e. The number of fused-ring (bicyclic) bond motifs is 1. The highest BCUT2D eigenvalue weighted by Crippen LogP contribution is 2.30. The van der Waals surface area contributed by atoms with Crippen molar-refractivity contribution in [3.63, 3.8) is 0 Å². The fraction of sp³-hybridized carbons (Fsp3) is 0.391. The minimum absolute atomic E-state index is 0.0526. The van der Waals surface area contributed by atoms with Crippen molar-refractivity contribution in [1.82, 2.24) is 24.9 Å². The van der Waals surface area contributed by atoms with E-state index in [1.165, 1.54) is 16.2 Å². The van der Waals surface area contributed by atoms with Crippen molar-refractivity contribution in [2.24, 2.45) is 0 Å². The molecule has 2 aliphatic rings. The average Bonchev–Trinajstić information content (AvgIpc) is 3.44. The van der Waals surface area contributed by atoms with Gasteiger partial charge in [0.25, 0.3) is 5.91 Å². The molecular weight excluding hydrogens is 462 g/mol. The van der Waals surface area contributed by atoms with Crippen LogP contribution < -0.4 is 5.32 Å². The molecule has 1 aliphatic heterocycles. The smallest absolute Gasteiger partial charge is 0.312 e. The van der Waals surface area contributed by atoms with E-state index in [2.05, 4.69) is 10.4 Å². The molecule has 1 N–H and O–H groups in total. The Morgan fingerprint density at radius 2 is 1.76 bits per heavy atom. The van der Waals surface area contributed by atoms with Crippen molar-refractivity contribution in [3.8, 4) is 0 Å².